The Balaban J connectivity index is 2.16. The molecular formula is C15H21N3O. The molecule has 1 aromatic carbocycles. The number of nitrogens with zero attached hydrogens (tertiary/aromatic N) is 1. The van der Waals surface area contributed by atoms with Crippen molar-refractivity contribution in [3.63, 3.8) is 0 Å². The van der Waals surface area contributed by atoms with E-state index >= 15 is 0 Å². The third kappa shape index (κ3) is 2.89. The maximum atomic E-state index is 12.0. The number of fused-ring (bicyclic) bond motifs is 1. The summed E-state index contributed by atoms with van der Waals surface area (Å²) in [6.07, 6.45) is 1.90. The zero-order valence-corrected chi connectivity index (χ0v) is 11.7. The van der Waals surface area contributed by atoms with Crippen molar-refractivity contribution >= 4 is 22.5 Å². The number of para-hydroxylation sites is 1. The molecule has 0 spiro atoms. The van der Waals surface area contributed by atoms with Gasteiger partial charge in [0.05, 0.1) is 11.2 Å². The summed E-state index contributed by atoms with van der Waals surface area (Å²) in [5.41, 5.74) is 7.60. The van der Waals surface area contributed by atoms with Crippen LogP contribution in [0.15, 0.2) is 30.5 Å². The van der Waals surface area contributed by atoms with Gasteiger partial charge in [0.2, 0.25) is 5.91 Å². The molecule has 0 saturated heterocycles. The monoisotopic (exact) mass is 259 g/mol. The van der Waals surface area contributed by atoms with Gasteiger partial charge >= 0.3 is 0 Å². The van der Waals surface area contributed by atoms with Crippen LogP contribution in [0.2, 0.25) is 0 Å². The van der Waals surface area contributed by atoms with E-state index in [1.165, 1.54) is 0 Å². The molecule has 0 aliphatic rings. The molecular weight excluding hydrogens is 238 g/mol. The summed E-state index contributed by atoms with van der Waals surface area (Å²) in [5.74, 6) is 0.442. The Labute approximate surface area is 113 Å². The number of aromatic nitrogens is 1. The zero-order chi connectivity index (χ0) is 14.0. The lowest BCUT2D eigenvalue weighted by Gasteiger charge is -2.18. The summed E-state index contributed by atoms with van der Waals surface area (Å²) in [6, 6.07) is 7.92. The van der Waals surface area contributed by atoms with Crippen LogP contribution in [0.25, 0.3) is 10.9 Å². The van der Waals surface area contributed by atoms with Crippen molar-refractivity contribution in [1.29, 1.82) is 0 Å². The Morgan fingerprint density at radius 2 is 2.05 bits per heavy atom. The number of amides is 1. The van der Waals surface area contributed by atoms with Gasteiger partial charge in [0.1, 0.15) is 6.54 Å². The minimum Gasteiger partial charge on any atom is -0.397 e. The molecule has 0 fully saturated rings. The van der Waals surface area contributed by atoms with Crippen molar-refractivity contribution in [2.75, 3.05) is 5.73 Å². The van der Waals surface area contributed by atoms with Crippen LogP contribution in [-0.4, -0.2) is 16.5 Å². The lowest BCUT2D eigenvalue weighted by Crippen LogP contribution is -2.38. The summed E-state index contributed by atoms with van der Waals surface area (Å²) >= 11 is 0. The number of anilines is 1. The third-order valence-corrected chi connectivity index (χ3v) is 3.52. The Morgan fingerprint density at radius 3 is 2.74 bits per heavy atom. The molecule has 19 heavy (non-hydrogen) atoms. The normalized spacial score (nSPS) is 12.8. The van der Waals surface area contributed by atoms with Gasteiger partial charge in [-0.15, -0.1) is 0 Å². The Kier molecular flexibility index (Phi) is 3.79. The Hall–Kier alpha value is -1.97. The predicted molar refractivity (Wildman–Crippen MR) is 78.8 cm³/mol. The van der Waals surface area contributed by atoms with E-state index in [4.69, 9.17) is 5.73 Å². The van der Waals surface area contributed by atoms with E-state index in [0.29, 0.717) is 18.2 Å². The van der Waals surface area contributed by atoms with Gasteiger partial charge in [-0.3, -0.25) is 4.79 Å². The van der Waals surface area contributed by atoms with E-state index in [0.717, 1.165) is 10.9 Å². The summed E-state index contributed by atoms with van der Waals surface area (Å²) in [4.78, 5) is 12.0. The number of carbonyl (C=O) groups is 1. The smallest absolute Gasteiger partial charge is 0.240 e. The molecule has 0 bridgehead atoms. The van der Waals surface area contributed by atoms with E-state index in [9.17, 15) is 4.79 Å². The van der Waals surface area contributed by atoms with Gasteiger partial charge in [-0.05, 0) is 25.0 Å². The average Bonchev–Trinajstić information content (AvgIpc) is 2.73. The molecule has 0 aliphatic carbocycles. The largest absolute Gasteiger partial charge is 0.397 e. The fourth-order valence-electron chi connectivity index (χ4n) is 2.04. The fourth-order valence-corrected chi connectivity index (χ4v) is 2.04. The second kappa shape index (κ2) is 5.34. The third-order valence-electron chi connectivity index (χ3n) is 3.52. The van der Waals surface area contributed by atoms with Crippen LogP contribution >= 0.6 is 0 Å². The molecule has 4 heteroatoms. The first-order chi connectivity index (χ1) is 8.99. The lowest BCUT2D eigenvalue weighted by atomic mass is 10.1. The van der Waals surface area contributed by atoms with Gasteiger partial charge in [-0.2, -0.15) is 0 Å². The number of hydrogen-bond donors (Lipinski definition) is 2. The topological polar surface area (TPSA) is 60.0 Å². The minimum atomic E-state index is 0.0157. The first kappa shape index (κ1) is 13.5. The van der Waals surface area contributed by atoms with Crippen LogP contribution in [0.4, 0.5) is 5.69 Å². The van der Waals surface area contributed by atoms with E-state index in [-0.39, 0.29) is 11.9 Å². The van der Waals surface area contributed by atoms with E-state index < -0.39 is 0 Å². The van der Waals surface area contributed by atoms with Gasteiger partial charge in [0.15, 0.2) is 0 Å². The highest BCUT2D eigenvalue weighted by molar-refractivity contribution is 5.91. The van der Waals surface area contributed by atoms with E-state index in [2.05, 4.69) is 19.2 Å². The van der Waals surface area contributed by atoms with E-state index in [1.54, 1.807) is 0 Å². The average molecular weight is 259 g/mol. The zero-order valence-electron chi connectivity index (χ0n) is 11.7. The molecule has 2 rings (SSSR count). The molecule has 1 aromatic heterocycles. The van der Waals surface area contributed by atoms with Crippen LogP contribution in [-0.2, 0) is 11.3 Å². The molecule has 0 saturated carbocycles. The number of rotatable bonds is 4. The number of benzene rings is 1. The highest BCUT2D eigenvalue weighted by Crippen LogP contribution is 2.21. The van der Waals surface area contributed by atoms with Crippen molar-refractivity contribution < 1.29 is 4.79 Å². The first-order valence-electron chi connectivity index (χ1n) is 6.61. The van der Waals surface area contributed by atoms with Crippen LogP contribution < -0.4 is 11.1 Å². The summed E-state index contributed by atoms with van der Waals surface area (Å²) in [6.45, 7) is 6.50. The lowest BCUT2D eigenvalue weighted by molar-refractivity contribution is -0.122. The maximum absolute atomic E-state index is 12.0. The summed E-state index contributed by atoms with van der Waals surface area (Å²) < 4.78 is 1.90. The number of nitrogen functional groups attached to an aromatic ring is 1. The van der Waals surface area contributed by atoms with Crippen molar-refractivity contribution in [2.45, 2.75) is 33.4 Å². The fraction of sp³-hybridized carbons (Fsp3) is 0.400. The van der Waals surface area contributed by atoms with Crippen molar-refractivity contribution in [3.05, 3.63) is 30.5 Å². The number of nitrogens with one attached hydrogen (secondary N) is 1. The van der Waals surface area contributed by atoms with Gasteiger partial charge in [0.25, 0.3) is 0 Å². The van der Waals surface area contributed by atoms with Crippen molar-refractivity contribution in [1.82, 2.24) is 9.88 Å². The van der Waals surface area contributed by atoms with Crippen LogP contribution in [0.3, 0.4) is 0 Å². The van der Waals surface area contributed by atoms with Gasteiger partial charge in [0, 0.05) is 17.6 Å². The molecule has 2 aromatic rings. The highest BCUT2D eigenvalue weighted by atomic mass is 16.2. The molecule has 1 atom stereocenters. The molecule has 102 valence electrons. The van der Waals surface area contributed by atoms with E-state index in [1.807, 2.05) is 42.0 Å². The molecule has 4 nitrogen and oxygen atoms in total. The second-order valence-electron chi connectivity index (χ2n) is 5.33. The Morgan fingerprint density at radius 1 is 1.32 bits per heavy atom. The molecule has 1 unspecified atom stereocenters. The predicted octanol–water partition coefficient (Wildman–Crippen LogP) is 2.38. The number of carbonyl (C=O) groups excluding carboxylic acids is 1. The highest BCUT2D eigenvalue weighted by Gasteiger charge is 2.12. The van der Waals surface area contributed by atoms with Crippen molar-refractivity contribution in [3.8, 4) is 0 Å². The van der Waals surface area contributed by atoms with Crippen LogP contribution in [0.5, 0.6) is 0 Å². The van der Waals surface area contributed by atoms with Gasteiger partial charge in [-0.25, -0.2) is 0 Å². The summed E-state index contributed by atoms with van der Waals surface area (Å²) in [7, 11) is 0. The van der Waals surface area contributed by atoms with Crippen molar-refractivity contribution in [2.24, 2.45) is 5.92 Å². The quantitative estimate of drug-likeness (QED) is 0.828. The second-order valence-corrected chi connectivity index (χ2v) is 5.33. The molecule has 1 heterocycles. The molecule has 1 amide bonds. The van der Waals surface area contributed by atoms with Crippen LogP contribution in [0.1, 0.15) is 20.8 Å². The van der Waals surface area contributed by atoms with Crippen LogP contribution in [0, 0.1) is 5.92 Å². The first-order valence-corrected chi connectivity index (χ1v) is 6.61. The standard InChI is InChI=1S/C15H21N3O/c1-10(2)11(3)17-14(19)9-18-8-7-12-5-4-6-13(16)15(12)18/h4-8,10-11H,9,16H2,1-3H3,(H,17,19). The molecule has 0 aliphatic heterocycles. The minimum absolute atomic E-state index is 0.0157. The molecule has 3 N–H and O–H groups in total. The maximum Gasteiger partial charge on any atom is 0.240 e. The Bertz CT molecular complexity index is 586. The SMILES string of the molecule is CC(C)C(C)NC(=O)Cn1ccc2cccc(N)c21. The number of nitrogens with two attached hydrogens (primary N) is 1. The molecule has 0 radical (unpaired) electrons. The van der Waals surface area contributed by atoms with Gasteiger partial charge < -0.3 is 15.6 Å². The van der Waals surface area contributed by atoms with Gasteiger partial charge in [-0.1, -0.05) is 26.0 Å². The number of hydrogen-bond acceptors (Lipinski definition) is 2. The summed E-state index contributed by atoms with van der Waals surface area (Å²) in [5, 5.41) is 4.06.